The van der Waals surface area contributed by atoms with Crippen LogP contribution in [0.15, 0.2) is 36.8 Å². The van der Waals surface area contributed by atoms with Gasteiger partial charge in [-0.2, -0.15) is 13.2 Å². The highest BCUT2D eigenvalue weighted by molar-refractivity contribution is 5.71. The standard InChI is InChI=1S/C19H18F3N5O2/c1-11-2-3-12(18(28)29)9-26(11)16-6-7-23-17(25-16)14-8-24-15-5-4-13(10-27(14)15)19(20,21)22/h4-8,10-12H,2-3,9H2,1H3,(H,28,29). The lowest BCUT2D eigenvalue weighted by molar-refractivity contribution is -0.142. The van der Waals surface area contributed by atoms with Crippen LogP contribution in [0.3, 0.4) is 0 Å². The third-order valence-corrected chi connectivity index (χ3v) is 5.23. The Bertz CT molecular complexity index is 1070. The van der Waals surface area contributed by atoms with E-state index in [1.807, 2.05) is 11.8 Å². The Hall–Kier alpha value is -3.17. The van der Waals surface area contributed by atoms with Gasteiger partial charge < -0.3 is 10.0 Å². The summed E-state index contributed by atoms with van der Waals surface area (Å²) >= 11 is 0. The summed E-state index contributed by atoms with van der Waals surface area (Å²) in [4.78, 5) is 26.1. The fourth-order valence-electron chi connectivity index (χ4n) is 3.57. The molecule has 3 aromatic heterocycles. The molecular formula is C19H18F3N5O2. The number of aromatic nitrogens is 4. The molecule has 152 valence electrons. The third kappa shape index (κ3) is 3.62. The van der Waals surface area contributed by atoms with Crippen LogP contribution in [-0.2, 0) is 11.0 Å². The molecule has 0 amide bonds. The van der Waals surface area contributed by atoms with Gasteiger partial charge in [0.25, 0.3) is 0 Å². The molecule has 0 aromatic carbocycles. The van der Waals surface area contributed by atoms with E-state index in [0.29, 0.717) is 36.5 Å². The van der Waals surface area contributed by atoms with E-state index < -0.39 is 23.6 Å². The number of carbonyl (C=O) groups is 1. The van der Waals surface area contributed by atoms with Crippen LogP contribution >= 0.6 is 0 Å². The van der Waals surface area contributed by atoms with Crippen LogP contribution in [0, 0.1) is 5.92 Å². The summed E-state index contributed by atoms with van der Waals surface area (Å²) in [5, 5.41) is 9.34. The zero-order valence-corrected chi connectivity index (χ0v) is 15.5. The van der Waals surface area contributed by atoms with E-state index in [9.17, 15) is 23.1 Å². The van der Waals surface area contributed by atoms with Crippen molar-refractivity contribution in [3.63, 3.8) is 0 Å². The van der Waals surface area contributed by atoms with E-state index in [2.05, 4.69) is 15.0 Å². The molecule has 2 unspecified atom stereocenters. The minimum Gasteiger partial charge on any atom is -0.481 e. The lowest BCUT2D eigenvalue weighted by Crippen LogP contribution is -2.44. The SMILES string of the molecule is CC1CCC(C(=O)O)CN1c1ccnc(-c2cnc3ccc(C(F)(F)F)cn23)n1. The first-order chi connectivity index (χ1) is 13.7. The van der Waals surface area contributed by atoms with Crippen molar-refractivity contribution in [1.29, 1.82) is 0 Å². The molecule has 29 heavy (non-hydrogen) atoms. The van der Waals surface area contributed by atoms with Crippen molar-refractivity contribution < 1.29 is 23.1 Å². The molecule has 0 saturated carbocycles. The van der Waals surface area contributed by atoms with Gasteiger partial charge in [-0.3, -0.25) is 9.20 Å². The van der Waals surface area contributed by atoms with Gasteiger partial charge in [0.2, 0.25) is 0 Å². The van der Waals surface area contributed by atoms with Gasteiger partial charge >= 0.3 is 12.1 Å². The number of carboxylic acids is 1. The predicted octanol–water partition coefficient (Wildman–Crippen LogP) is 3.50. The summed E-state index contributed by atoms with van der Waals surface area (Å²) < 4.78 is 40.6. The van der Waals surface area contributed by atoms with Crippen molar-refractivity contribution in [2.75, 3.05) is 11.4 Å². The molecule has 1 N–H and O–H groups in total. The molecule has 1 saturated heterocycles. The number of alkyl halides is 3. The Labute approximate surface area is 163 Å². The van der Waals surface area contributed by atoms with Crippen molar-refractivity contribution in [3.05, 3.63) is 42.4 Å². The monoisotopic (exact) mass is 405 g/mol. The molecule has 4 rings (SSSR count). The molecule has 4 heterocycles. The number of aliphatic carboxylic acids is 1. The lowest BCUT2D eigenvalue weighted by Gasteiger charge is -2.37. The number of piperidine rings is 1. The van der Waals surface area contributed by atoms with Gasteiger partial charge in [-0.05, 0) is 38.0 Å². The van der Waals surface area contributed by atoms with E-state index in [0.717, 1.165) is 12.3 Å². The Morgan fingerprint density at radius 2 is 2.00 bits per heavy atom. The van der Waals surface area contributed by atoms with Crippen LogP contribution in [0.25, 0.3) is 17.2 Å². The molecule has 0 aliphatic carbocycles. The smallest absolute Gasteiger partial charge is 0.417 e. The second-order valence-corrected chi connectivity index (χ2v) is 7.14. The Balaban J connectivity index is 1.73. The first-order valence-electron chi connectivity index (χ1n) is 9.11. The summed E-state index contributed by atoms with van der Waals surface area (Å²) in [6, 6.07) is 4.03. The molecule has 0 bridgehead atoms. The van der Waals surface area contributed by atoms with Gasteiger partial charge in [0.15, 0.2) is 5.82 Å². The number of imidazole rings is 1. The molecular weight excluding hydrogens is 387 g/mol. The molecule has 1 aliphatic heterocycles. The Morgan fingerprint density at radius 3 is 2.72 bits per heavy atom. The zero-order valence-electron chi connectivity index (χ0n) is 15.5. The number of hydrogen-bond acceptors (Lipinski definition) is 5. The first-order valence-corrected chi connectivity index (χ1v) is 9.11. The normalized spacial score (nSPS) is 20.2. The molecule has 3 aromatic rings. The average Bonchev–Trinajstić information content (AvgIpc) is 3.11. The minimum atomic E-state index is -4.48. The second kappa shape index (κ2) is 7.02. The number of rotatable bonds is 3. The molecule has 10 heteroatoms. The number of fused-ring (bicyclic) bond motifs is 1. The number of nitrogens with zero attached hydrogens (tertiary/aromatic N) is 5. The Kier molecular flexibility index (Phi) is 4.64. The van der Waals surface area contributed by atoms with Crippen molar-refractivity contribution in [2.24, 2.45) is 5.92 Å². The number of carboxylic acid groups (broad SMARTS) is 1. The van der Waals surface area contributed by atoms with Crippen molar-refractivity contribution in [2.45, 2.75) is 32.0 Å². The van der Waals surface area contributed by atoms with Crippen LogP contribution in [0.5, 0.6) is 0 Å². The quantitative estimate of drug-likeness (QED) is 0.718. The molecule has 7 nitrogen and oxygen atoms in total. The summed E-state index contributed by atoms with van der Waals surface area (Å²) in [6.45, 7) is 2.31. The number of pyridine rings is 1. The maximum Gasteiger partial charge on any atom is 0.417 e. The van der Waals surface area contributed by atoms with Crippen molar-refractivity contribution in [1.82, 2.24) is 19.4 Å². The zero-order chi connectivity index (χ0) is 20.8. The molecule has 0 radical (unpaired) electrons. The minimum absolute atomic E-state index is 0.0902. The summed E-state index contributed by atoms with van der Waals surface area (Å²) in [5.41, 5.74) is -0.124. The number of halogens is 3. The average molecular weight is 405 g/mol. The highest BCUT2D eigenvalue weighted by Crippen LogP contribution is 2.31. The maximum atomic E-state index is 13.1. The Morgan fingerprint density at radius 1 is 1.21 bits per heavy atom. The van der Waals surface area contributed by atoms with Gasteiger partial charge in [0, 0.05) is 25.0 Å². The van der Waals surface area contributed by atoms with Crippen LogP contribution < -0.4 is 4.90 Å². The fourth-order valence-corrected chi connectivity index (χ4v) is 3.57. The maximum absolute atomic E-state index is 13.1. The molecule has 1 aliphatic rings. The predicted molar refractivity (Wildman–Crippen MR) is 98.4 cm³/mol. The summed E-state index contributed by atoms with van der Waals surface area (Å²) in [5.74, 6) is -0.582. The molecule has 1 fully saturated rings. The van der Waals surface area contributed by atoms with Gasteiger partial charge in [-0.25, -0.2) is 15.0 Å². The van der Waals surface area contributed by atoms with E-state index in [1.165, 1.54) is 22.9 Å². The highest BCUT2D eigenvalue weighted by Gasteiger charge is 2.32. The van der Waals surface area contributed by atoms with Gasteiger partial charge in [-0.1, -0.05) is 0 Å². The van der Waals surface area contributed by atoms with E-state index in [4.69, 9.17) is 0 Å². The number of anilines is 1. The van der Waals surface area contributed by atoms with Gasteiger partial charge in [0.05, 0.1) is 17.7 Å². The molecule has 2 atom stereocenters. The van der Waals surface area contributed by atoms with Crippen molar-refractivity contribution >= 4 is 17.4 Å². The van der Waals surface area contributed by atoms with E-state index in [-0.39, 0.29) is 11.9 Å². The van der Waals surface area contributed by atoms with Gasteiger partial charge in [0.1, 0.15) is 17.2 Å². The topological polar surface area (TPSA) is 83.6 Å². The van der Waals surface area contributed by atoms with Crippen LogP contribution in [-0.4, -0.2) is 43.0 Å². The van der Waals surface area contributed by atoms with Crippen LogP contribution in [0.2, 0.25) is 0 Å². The summed E-state index contributed by atoms with van der Waals surface area (Å²) in [7, 11) is 0. The van der Waals surface area contributed by atoms with Crippen LogP contribution in [0.1, 0.15) is 25.3 Å². The van der Waals surface area contributed by atoms with Crippen LogP contribution in [0.4, 0.5) is 19.0 Å². The largest absolute Gasteiger partial charge is 0.481 e. The fraction of sp³-hybridized carbons (Fsp3) is 0.368. The summed E-state index contributed by atoms with van der Waals surface area (Å²) in [6.07, 6.45) is 0.737. The lowest BCUT2D eigenvalue weighted by atomic mass is 9.93. The number of hydrogen-bond donors (Lipinski definition) is 1. The van der Waals surface area contributed by atoms with E-state index >= 15 is 0 Å². The first kappa shape index (κ1) is 19.2. The van der Waals surface area contributed by atoms with Gasteiger partial charge in [-0.15, -0.1) is 0 Å². The third-order valence-electron chi connectivity index (χ3n) is 5.23. The highest BCUT2D eigenvalue weighted by atomic mass is 19.4. The van der Waals surface area contributed by atoms with E-state index in [1.54, 1.807) is 6.07 Å². The van der Waals surface area contributed by atoms with Crippen molar-refractivity contribution in [3.8, 4) is 11.5 Å². The second-order valence-electron chi connectivity index (χ2n) is 7.14. The molecule has 0 spiro atoms.